The smallest absolute Gasteiger partial charge is 0.332 e. The molecule has 4 rings (SSSR count). The molecule has 32 heavy (non-hydrogen) atoms. The van der Waals surface area contributed by atoms with Gasteiger partial charge in [0.15, 0.2) is 5.65 Å². The van der Waals surface area contributed by atoms with Crippen LogP contribution in [0.15, 0.2) is 32.4 Å². The fourth-order valence-corrected chi connectivity index (χ4v) is 4.32. The third-order valence-electron chi connectivity index (χ3n) is 6.18. The first kappa shape index (κ1) is 22.1. The van der Waals surface area contributed by atoms with E-state index in [0.717, 1.165) is 36.3 Å². The van der Waals surface area contributed by atoms with Gasteiger partial charge in [-0.1, -0.05) is 12.8 Å². The standard InChI is InChI=1S/C22H30N6O4/c1-26-20-19(21(30)27(2)22(26)31)24-17(25-20)9-10-18(29)23-14-15(16-8-7-13-32-16)28-11-5-3-4-6-12-28/h7-8,13,15H,3-6,9-12,14H2,1-2H3,(H,23,29)(H,24,25). The van der Waals surface area contributed by atoms with E-state index in [4.69, 9.17) is 4.42 Å². The van der Waals surface area contributed by atoms with Crippen LogP contribution in [-0.4, -0.2) is 49.5 Å². The second-order valence-electron chi connectivity index (χ2n) is 8.37. The lowest BCUT2D eigenvalue weighted by molar-refractivity contribution is -0.121. The molecule has 1 unspecified atom stereocenters. The van der Waals surface area contributed by atoms with Crippen LogP contribution in [0, 0.1) is 0 Å². The summed E-state index contributed by atoms with van der Waals surface area (Å²) in [5, 5.41) is 3.03. The Labute approximate surface area is 185 Å². The van der Waals surface area contributed by atoms with Crippen molar-refractivity contribution in [2.24, 2.45) is 14.1 Å². The molecule has 0 radical (unpaired) electrons. The molecule has 4 heterocycles. The lowest BCUT2D eigenvalue weighted by Gasteiger charge is -2.29. The van der Waals surface area contributed by atoms with E-state index < -0.39 is 11.2 Å². The van der Waals surface area contributed by atoms with Crippen LogP contribution in [0.1, 0.15) is 49.7 Å². The number of carbonyl (C=O) groups excluding carboxylic acids is 1. The molecule has 1 aliphatic heterocycles. The van der Waals surface area contributed by atoms with Gasteiger partial charge >= 0.3 is 5.69 Å². The maximum atomic E-state index is 12.6. The number of aromatic nitrogens is 4. The molecule has 2 N–H and O–H groups in total. The number of fused-ring (bicyclic) bond motifs is 1. The van der Waals surface area contributed by atoms with Gasteiger partial charge in [0.2, 0.25) is 5.91 Å². The normalized spacial score (nSPS) is 16.2. The minimum Gasteiger partial charge on any atom is -0.468 e. The van der Waals surface area contributed by atoms with E-state index in [0.29, 0.717) is 24.4 Å². The second kappa shape index (κ2) is 9.56. The Morgan fingerprint density at radius 2 is 1.94 bits per heavy atom. The average molecular weight is 443 g/mol. The number of aryl methyl sites for hydroxylation is 2. The van der Waals surface area contributed by atoms with Gasteiger partial charge in [-0.15, -0.1) is 0 Å². The molecule has 3 aromatic rings. The highest BCUT2D eigenvalue weighted by Crippen LogP contribution is 2.24. The highest BCUT2D eigenvalue weighted by atomic mass is 16.3. The maximum absolute atomic E-state index is 12.6. The van der Waals surface area contributed by atoms with Gasteiger partial charge in [-0.25, -0.2) is 9.78 Å². The van der Waals surface area contributed by atoms with Gasteiger partial charge < -0.3 is 14.7 Å². The minimum absolute atomic E-state index is 0.01000. The van der Waals surface area contributed by atoms with Crippen molar-refractivity contribution >= 4 is 17.1 Å². The molecular formula is C22H30N6O4. The van der Waals surface area contributed by atoms with E-state index >= 15 is 0 Å². The summed E-state index contributed by atoms with van der Waals surface area (Å²) in [5.41, 5.74) is -0.294. The van der Waals surface area contributed by atoms with E-state index in [1.807, 2.05) is 12.1 Å². The predicted molar refractivity (Wildman–Crippen MR) is 119 cm³/mol. The summed E-state index contributed by atoms with van der Waals surface area (Å²) in [6, 6.07) is 3.85. The quantitative estimate of drug-likeness (QED) is 0.568. The van der Waals surface area contributed by atoms with Gasteiger partial charge in [0.1, 0.15) is 17.1 Å². The van der Waals surface area contributed by atoms with Gasteiger partial charge in [0.05, 0.1) is 12.3 Å². The fourth-order valence-electron chi connectivity index (χ4n) is 4.32. The Morgan fingerprint density at radius 3 is 2.62 bits per heavy atom. The molecule has 1 atom stereocenters. The summed E-state index contributed by atoms with van der Waals surface area (Å²) in [4.78, 5) is 46.7. The number of rotatable bonds is 7. The molecule has 0 aromatic carbocycles. The second-order valence-corrected chi connectivity index (χ2v) is 8.37. The molecular weight excluding hydrogens is 412 g/mol. The monoisotopic (exact) mass is 442 g/mol. The Bertz CT molecular complexity index is 1180. The van der Waals surface area contributed by atoms with Gasteiger partial charge in [-0.3, -0.25) is 23.6 Å². The first-order chi connectivity index (χ1) is 15.5. The third-order valence-corrected chi connectivity index (χ3v) is 6.18. The molecule has 1 aliphatic rings. The van der Waals surface area contributed by atoms with Crippen LogP contribution >= 0.6 is 0 Å². The van der Waals surface area contributed by atoms with Crippen LogP contribution in [0.2, 0.25) is 0 Å². The van der Waals surface area contributed by atoms with Crippen molar-refractivity contribution in [2.75, 3.05) is 19.6 Å². The molecule has 0 aliphatic carbocycles. The van der Waals surface area contributed by atoms with Crippen molar-refractivity contribution in [3.8, 4) is 0 Å². The SMILES string of the molecule is Cn1c(=O)c2[nH]c(CCC(=O)NCC(c3ccco3)N3CCCCCC3)nc2n(C)c1=O. The summed E-state index contributed by atoms with van der Waals surface area (Å²) in [6.07, 6.45) is 7.01. The van der Waals surface area contributed by atoms with Crippen LogP contribution in [0.4, 0.5) is 0 Å². The van der Waals surface area contributed by atoms with Gasteiger partial charge in [-0.2, -0.15) is 0 Å². The number of nitrogens with zero attached hydrogens (tertiary/aromatic N) is 4. The number of nitrogens with one attached hydrogen (secondary N) is 2. The van der Waals surface area contributed by atoms with E-state index in [9.17, 15) is 14.4 Å². The minimum atomic E-state index is -0.434. The lowest BCUT2D eigenvalue weighted by atomic mass is 10.1. The van der Waals surface area contributed by atoms with Crippen LogP contribution in [0.25, 0.3) is 11.2 Å². The Kier molecular flexibility index (Phi) is 6.59. The first-order valence-corrected chi connectivity index (χ1v) is 11.1. The summed E-state index contributed by atoms with van der Waals surface area (Å²) in [5.74, 6) is 1.27. The largest absolute Gasteiger partial charge is 0.468 e. The number of hydrogen-bond acceptors (Lipinski definition) is 6. The highest BCUT2D eigenvalue weighted by molar-refractivity contribution is 5.76. The van der Waals surface area contributed by atoms with E-state index in [2.05, 4.69) is 20.2 Å². The molecule has 10 nitrogen and oxygen atoms in total. The van der Waals surface area contributed by atoms with Gasteiger partial charge in [-0.05, 0) is 38.1 Å². The molecule has 1 saturated heterocycles. The summed E-state index contributed by atoms with van der Waals surface area (Å²) in [6.45, 7) is 2.46. The van der Waals surface area contributed by atoms with Crippen molar-refractivity contribution in [3.05, 3.63) is 50.8 Å². The Hall–Kier alpha value is -3.14. The van der Waals surface area contributed by atoms with Crippen molar-refractivity contribution in [1.29, 1.82) is 0 Å². The van der Waals surface area contributed by atoms with Crippen molar-refractivity contribution < 1.29 is 9.21 Å². The number of H-pyrrole nitrogens is 1. The van der Waals surface area contributed by atoms with Crippen LogP contribution < -0.4 is 16.6 Å². The maximum Gasteiger partial charge on any atom is 0.332 e. The number of hydrogen-bond donors (Lipinski definition) is 2. The number of imidazole rings is 1. The Morgan fingerprint density at radius 1 is 1.19 bits per heavy atom. The average Bonchev–Trinajstić information content (AvgIpc) is 3.40. The molecule has 172 valence electrons. The summed E-state index contributed by atoms with van der Waals surface area (Å²) < 4.78 is 8.02. The number of furan rings is 1. The van der Waals surface area contributed by atoms with E-state index in [-0.39, 0.29) is 23.9 Å². The molecule has 10 heteroatoms. The van der Waals surface area contributed by atoms with Gasteiger partial charge in [0, 0.05) is 33.5 Å². The Balaban J connectivity index is 1.40. The van der Waals surface area contributed by atoms with Crippen LogP contribution in [0.3, 0.4) is 0 Å². The number of amides is 1. The zero-order valence-electron chi connectivity index (χ0n) is 18.6. The number of aromatic amines is 1. The van der Waals surface area contributed by atoms with Crippen LogP contribution in [0.5, 0.6) is 0 Å². The number of carbonyl (C=O) groups is 1. The first-order valence-electron chi connectivity index (χ1n) is 11.1. The molecule has 3 aromatic heterocycles. The zero-order valence-corrected chi connectivity index (χ0v) is 18.6. The van der Waals surface area contributed by atoms with E-state index in [1.54, 1.807) is 13.3 Å². The van der Waals surface area contributed by atoms with Crippen molar-refractivity contribution in [3.63, 3.8) is 0 Å². The van der Waals surface area contributed by atoms with Gasteiger partial charge in [0.25, 0.3) is 5.56 Å². The molecule has 1 amide bonds. The summed E-state index contributed by atoms with van der Waals surface area (Å²) >= 11 is 0. The van der Waals surface area contributed by atoms with Crippen molar-refractivity contribution in [1.82, 2.24) is 29.3 Å². The van der Waals surface area contributed by atoms with Crippen molar-refractivity contribution in [2.45, 2.75) is 44.6 Å². The lowest BCUT2D eigenvalue weighted by Crippen LogP contribution is -2.38. The third kappa shape index (κ3) is 4.55. The van der Waals surface area contributed by atoms with Crippen LogP contribution in [-0.2, 0) is 25.3 Å². The molecule has 0 spiro atoms. The van der Waals surface area contributed by atoms with E-state index in [1.165, 1.54) is 24.5 Å². The molecule has 0 bridgehead atoms. The molecule has 0 saturated carbocycles. The predicted octanol–water partition coefficient (Wildman–Crippen LogP) is 1.22. The fraction of sp³-hybridized carbons (Fsp3) is 0.545. The topological polar surface area (TPSA) is 118 Å². The zero-order chi connectivity index (χ0) is 22.7. The highest BCUT2D eigenvalue weighted by Gasteiger charge is 2.24. The number of likely N-dealkylation sites (tertiary alicyclic amines) is 1. The summed E-state index contributed by atoms with van der Waals surface area (Å²) in [7, 11) is 3.00. The molecule has 1 fully saturated rings.